The summed E-state index contributed by atoms with van der Waals surface area (Å²) in [6, 6.07) is 22.6. The van der Waals surface area contributed by atoms with Gasteiger partial charge in [-0.2, -0.15) is 0 Å². The second-order valence-corrected chi connectivity index (χ2v) is 8.07. The van der Waals surface area contributed by atoms with Crippen LogP contribution in [0.5, 0.6) is 11.5 Å². The van der Waals surface area contributed by atoms with E-state index in [1.807, 2.05) is 54.6 Å². The lowest BCUT2D eigenvalue weighted by Gasteiger charge is -2.13. The Morgan fingerprint density at radius 1 is 0.969 bits per heavy atom. The Hall–Kier alpha value is -3.90. The summed E-state index contributed by atoms with van der Waals surface area (Å²) in [5.74, 6) is -0.305. The summed E-state index contributed by atoms with van der Waals surface area (Å²) in [5, 5.41) is 10.2. The van der Waals surface area contributed by atoms with Gasteiger partial charge < -0.3 is 14.6 Å². The molecule has 1 heterocycles. The maximum Gasteiger partial charge on any atom is 0.341 e. The molecule has 1 N–H and O–H groups in total. The van der Waals surface area contributed by atoms with Gasteiger partial charge in [-0.05, 0) is 35.7 Å². The van der Waals surface area contributed by atoms with Crippen molar-refractivity contribution >= 4 is 39.3 Å². The molecule has 3 aromatic carbocycles. The minimum absolute atomic E-state index is 0.123. The molecule has 0 amide bonds. The topological polar surface area (TPSA) is 72.8 Å². The highest BCUT2D eigenvalue weighted by molar-refractivity contribution is 7.22. The number of carboxylic acids is 1. The molecule has 0 bridgehead atoms. The molecule has 0 aliphatic rings. The molecule has 6 heteroatoms. The minimum atomic E-state index is -1.07. The molecule has 5 nitrogen and oxygen atoms in total. The van der Waals surface area contributed by atoms with Crippen LogP contribution in [0.1, 0.15) is 15.9 Å². The molecule has 4 aromatic rings. The van der Waals surface area contributed by atoms with Gasteiger partial charge >= 0.3 is 5.97 Å². The molecule has 1 aromatic heterocycles. The van der Waals surface area contributed by atoms with E-state index < -0.39 is 12.6 Å². The van der Waals surface area contributed by atoms with Crippen LogP contribution in [-0.4, -0.2) is 30.6 Å². The third-order valence-corrected chi connectivity index (χ3v) is 6.00. The van der Waals surface area contributed by atoms with Crippen molar-refractivity contribution in [1.29, 1.82) is 0 Å². The number of ketones is 1. The molecule has 0 saturated carbocycles. The molecule has 160 valence electrons. The number of thiophene rings is 1. The molecule has 0 fully saturated rings. The van der Waals surface area contributed by atoms with Crippen LogP contribution in [0.3, 0.4) is 0 Å². The number of fused-ring (bicyclic) bond motifs is 1. The van der Waals surface area contributed by atoms with Crippen molar-refractivity contribution in [2.24, 2.45) is 0 Å². The van der Waals surface area contributed by atoms with Gasteiger partial charge in [0.25, 0.3) is 0 Å². The lowest BCUT2D eigenvalue weighted by molar-refractivity contribution is -0.139. The molecule has 4 rings (SSSR count). The summed E-state index contributed by atoms with van der Waals surface area (Å²) >= 11 is 1.58. The number of hydrogen-bond donors (Lipinski definition) is 1. The van der Waals surface area contributed by atoms with Crippen LogP contribution in [0.25, 0.3) is 26.6 Å². The fourth-order valence-electron chi connectivity index (χ4n) is 3.32. The standard InChI is InChI=1S/C26H20O5S/c1-30-22-15-23(31-16-26(28)29)20(25-14-19-9-5-6-10-24(19)32-25)13-18(22)11-12-21(27)17-7-3-2-4-8-17/h2-15H,16H2,1H3,(H,28,29). The van der Waals surface area contributed by atoms with E-state index in [2.05, 4.69) is 0 Å². The highest BCUT2D eigenvalue weighted by atomic mass is 32.1. The maximum absolute atomic E-state index is 12.5. The van der Waals surface area contributed by atoms with Crippen molar-refractivity contribution in [2.75, 3.05) is 13.7 Å². The average molecular weight is 445 g/mol. The summed E-state index contributed by atoms with van der Waals surface area (Å²) in [7, 11) is 1.52. The Kier molecular flexibility index (Phi) is 6.33. The highest BCUT2D eigenvalue weighted by Gasteiger charge is 2.16. The van der Waals surface area contributed by atoms with Gasteiger partial charge in [0, 0.05) is 32.3 Å². The predicted molar refractivity (Wildman–Crippen MR) is 127 cm³/mol. The number of carboxylic acid groups (broad SMARTS) is 1. The Bertz CT molecular complexity index is 1270. The number of carbonyl (C=O) groups is 2. The second kappa shape index (κ2) is 9.49. The van der Waals surface area contributed by atoms with Gasteiger partial charge in [-0.1, -0.05) is 48.5 Å². The fraction of sp³-hybridized carbons (Fsp3) is 0.0769. The van der Waals surface area contributed by atoms with E-state index in [0.717, 1.165) is 20.5 Å². The molecule has 0 unspecified atom stereocenters. The minimum Gasteiger partial charge on any atom is -0.496 e. The number of aliphatic carboxylic acids is 1. The molecule has 0 atom stereocenters. The predicted octanol–water partition coefficient (Wildman–Crippen LogP) is 5.94. The summed E-state index contributed by atoms with van der Waals surface area (Å²) < 4.78 is 12.2. The molecular formula is C26H20O5S. The van der Waals surface area contributed by atoms with Gasteiger partial charge in [-0.3, -0.25) is 4.79 Å². The van der Waals surface area contributed by atoms with Crippen molar-refractivity contribution in [3.63, 3.8) is 0 Å². The Morgan fingerprint density at radius 2 is 1.72 bits per heavy atom. The Morgan fingerprint density at radius 3 is 2.44 bits per heavy atom. The van der Waals surface area contributed by atoms with E-state index >= 15 is 0 Å². The molecule has 0 radical (unpaired) electrons. The van der Waals surface area contributed by atoms with Crippen LogP contribution in [0.4, 0.5) is 0 Å². The quantitative estimate of drug-likeness (QED) is 0.269. The van der Waals surface area contributed by atoms with Gasteiger partial charge in [-0.15, -0.1) is 11.3 Å². The SMILES string of the molecule is COc1cc(OCC(=O)O)c(-c2cc3ccccc3s2)cc1C=CC(=O)c1ccccc1. The monoisotopic (exact) mass is 444 g/mol. The van der Waals surface area contributed by atoms with Crippen LogP contribution in [0.15, 0.2) is 78.9 Å². The van der Waals surface area contributed by atoms with Crippen molar-refractivity contribution < 1.29 is 24.2 Å². The molecule has 0 spiro atoms. The van der Waals surface area contributed by atoms with E-state index in [9.17, 15) is 9.59 Å². The van der Waals surface area contributed by atoms with Crippen LogP contribution < -0.4 is 9.47 Å². The molecule has 0 aliphatic carbocycles. The smallest absolute Gasteiger partial charge is 0.341 e. The Labute approximate surface area is 189 Å². The summed E-state index contributed by atoms with van der Waals surface area (Å²) in [6.07, 6.45) is 3.20. The first kappa shape index (κ1) is 21.3. The molecular weight excluding hydrogens is 424 g/mol. The van der Waals surface area contributed by atoms with Crippen LogP contribution >= 0.6 is 11.3 Å². The first-order valence-electron chi connectivity index (χ1n) is 9.88. The van der Waals surface area contributed by atoms with Gasteiger partial charge in [-0.25, -0.2) is 4.79 Å². The molecule has 0 saturated heterocycles. The van der Waals surface area contributed by atoms with Crippen molar-refractivity contribution in [2.45, 2.75) is 0 Å². The van der Waals surface area contributed by atoms with E-state index in [1.54, 1.807) is 35.6 Å². The number of allylic oxidation sites excluding steroid dienone is 1. The second-order valence-electron chi connectivity index (χ2n) is 6.98. The highest BCUT2D eigenvalue weighted by Crippen LogP contribution is 2.42. The van der Waals surface area contributed by atoms with Crippen LogP contribution in [0, 0.1) is 0 Å². The summed E-state index contributed by atoms with van der Waals surface area (Å²) in [5.41, 5.74) is 2.01. The van der Waals surface area contributed by atoms with Crippen molar-refractivity contribution in [3.8, 4) is 21.9 Å². The number of methoxy groups -OCH3 is 1. The largest absolute Gasteiger partial charge is 0.496 e. The number of rotatable bonds is 8. The van der Waals surface area contributed by atoms with E-state index in [4.69, 9.17) is 14.6 Å². The fourth-order valence-corrected chi connectivity index (χ4v) is 4.40. The van der Waals surface area contributed by atoms with Gasteiger partial charge in [0.05, 0.1) is 7.11 Å². The van der Waals surface area contributed by atoms with Crippen molar-refractivity contribution in [3.05, 3.63) is 90.0 Å². The molecule has 0 aliphatic heterocycles. The van der Waals surface area contributed by atoms with E-state index in [0.29, 0.717) is 22.6 Å². The van der Waals surface area contributed by atoms with Crippen LogP contribution in [0.2, 0.25) is 0 Å². The first-order chi connectivity index (χ1) is 15.5. The lowest BCUT2D eigenvalue weighted by Crippen LogP contribution is -2.10. The zero-order chi connectivity index (χ0) is 22.5. The maximum atomic E-state index is 12.5. The lowest BCUT2D eigenvalue weighted by atomic mass is 10.0. The number of hydrogen-bond acceptors (Lipinski definition) is 5. The van der Waals surface area contributed by atoms with Crippen molar-refractivity contribution in [1.82, 2.24) is 0 Å². The van der Waals surface area contributed by atoms with Gasteiger partial charge in [0.15, 0.2) is 12.4 Å². The first-order valence-corrected chi connectivity index (χ1v) is 10.7. The Balaban J connectivity index is 1.78. The van der Waals surface area contributed by atoms with E-state index in [-0.39, 0.29) is 5.78 Å². The van der Waals surface area contributed by atoms with Gasteiger partial charge in [0.1, 0.15) is 11.5 Å². The van der Waals surface area contributed by atoms with Crippen LogP contribution in [-0.2, 0) is 4.79 Å². The number of ether oxygens (including phenoxy) is 2. The average Bonchev–Trinajstić information content (AvgIpc) is 3.25. The molecule has 32 heavy (non-hydrogen) atoms. The zero-order valence-corrected chi connectivity index (χ0v) is 18.1. The summed E-state index contributed by atoms with van der Waals surface area (Å²) in [4.78, 5) is 24.5. The normalized spacial score (nSPS) is 11.0. The number of carbonyl (C=O) groups excluding carboxylic acids is 1. The van der Waals surface area contributed by atoms with E-state index in [1.165, 1.54) is 13.2 Å². The third kappa shape index (κ3) is 4.71. The third-order valence-electron chi connectivity index (χ3n) is 4.85. The van der Waals surface area contributed by atoms with Gasteiger partial charge in [0.2, 0.25) is 0 Å². The number of benzene rings is 3. The summed E-state index contributed by atoms with van der Waals surface area (Å²) in [6.45, 7) is -0.470. The zero-order valence-electron chi connectivity index (χ0n) is 17.3.